The molecule has 0 aliphatic carbocycles. The Balaban J connectivity index is 2.26. The summed E-state index contributed by atoms with van der Waals surface area (Å²) in [6, 6.07) is 6.30. The number of benzene rings is 2. The zero-order valence-electron chi connectivity index (χ0n) is 9.45. The summed E-state index contributed by atoms with van der Waals surface area (Å²) in [4.78, 5) is 4.02. The quantitative estimate of drug-likeness (QED) is 0.685. The van der Waals surface area contributed by atoms with Crippen molar-refractivity contribution in [2.45, 2.75) is 0 Å². The number of nitrogens with zero attached hydrogens (tertiary/aromatic N) is 1. The van der Waals surface area contributed by atoms with E-state index in [0.717, 1.165) is 6.07 Å². The average Bonchev–Trinajstić information content (AvgIpc) is 2.76. The number of anilines is 1. The Morgan fingerprint density at radius 2 is 1.95 bits per heavy atom. The number of halogens is 3. The number of aromatic nitrogens is 1. The van der Waals surface area contributed by atoms with Crippen LogP contribution in [0.4, 0.5) is 14.5 Å². The fourth-order valence-electron chi connectivity index (χ4n) is 1.78. The van der Waals surface area contributed by atoms with Crippen molar-refractivity contribution in [3.8, 4) is 11.5 Å². The fraction of sp³-hybridized carbons (Fsp3) is 0. The molecule has 3 nitrogen and oxygen atoms in total. The van der Waals surface area contributed by atoms with Crippen molar-refractivity contribution in [2.24, 2.45) is 0 Å². The molecular weight excluding hydrogens is 274 g/mol. The minimum atomic E-state index is -0.537. The SMILES string of the molecule is Nc1ccc(F)c(-c2nc3cc(F)cc(Cl)c3o2)c1. The van der Waals surface area contributed by atoms with E-state index in [4.69, 9.17) is 21.8 Å². The summed E-state index contributed by atoms with van der Waals surface area (Å²) in [5.74, 6) is -1.06. The van der Waals surface area contributed by atoms with Crippen molar-refractivity contribution >= 4 is 28.4 Å². The van der Waals surface area contributed by atoms with Crippen LogP contribution in [0.3, 0.4) is 0 Å². The maximum Gasteiger partial charge on any atom is 0.230 e. The van der Waals surface area contributed by atoms with Crippen LogP contribution in [-0.4, -0.2) is 4.98 Å². The molecule has 19 heavy (non-hydrogen) atoms. The lowest BCUT2D eigenvalue weighted by Gasteiger charge is -1.99. The van der Waals surface area contributed by atoms with Crippen LogP contribution in [-0.2, 0) is 0 Å². The highest BCUT2D eigenvalue weighted by atomic mass is 35.5. The maximum absolute atomic E-state index is 13.7. The smallest absolute Gasteiger partial charge is 0.230 e. The molecule has 0 unspecified atom stereocenters. The molecule has 0 atom stereocenters. The molecule has 0 saturated heterocycles. The first-order valence-corrected chi connectivity index (χ1v) is 5.73. The predicted molar refractivity (Wildman–Crippen MR) is 68.8 cm³/mol. The van der Waals surface area contributed by atoms with E-state index in [1.54, 1.807) is 0 Å². The first kappa shape index (κ1) is 11.9. The Hall–Kier alpha value is -2.14. The van der Waals surface area contributed by atoms with Crippen LogP contribution in [0.1, 0.15) is 0 Å². The summed E-state index contributed by atoms with van der Waals surface area (Å²) in [5, 5.41) is 0.0815. The largest absolute Gasteiger partial charge is 0.434 e. The maximum atomic E-state index is 13.7. The second kappa shape index (κ2) is 4.20. The van der Waals surface area contributed by atoms with Gasteiger partial charge in [-0.3, -0.25) is 0 Å². The van der Waals surface area contributed by atoms with Gasteiger partial charge in [0.15, 0.2) is 5.58 Å². The lowest BCUT2D eigenvalue weighted by Crippen LogP contribution is -1.89. The van der Waals surface area contributed by atoms with Gasteiger partial charge < -0.3 is 10.2 Å². The lowest BCUT2D eigenvalue weighted by atomic mass is 10.2. The Morgan fingerprint density at radius 1 is 1.16 bits per heavy atom. The second-order valence-electron chi connectivity index (χ2n) is 3.99. The highest BCUT2D eigenvalue weighted by Gasteiger charge is 2.15. The molecule has 0 saturated carbocycles. The number of hydrogen-bond donors (Lipinski definition) is 1. The number of hydrogen-bond acceptors (Lipinski definition) is 3. The molecule has 1 aromatic heterocycles. The van der Waals surface area contributed by atoms with Crippen molar-refractivity contribution in [1.29, 1.82) is 0 Å². The molecule has 0 bridgehead atoms. The van der Waals surface area contributed by atoms with Gasteiger partial charge in [-0.2, -0.15) is 0 Å². The summed E-state index contributed by atoms with van der Waals surface area (Å²) in [6.45, 7) is 0. The van der Waals surface area contributed by atoms with Crippen LogP contribution in [0.25, 0.3) is 22.6 Å². The highest BCUT2D eigenvalue weighted by Crippen LogP contribution is 2.31. The minimum Gasteiger partial charge on any atom is -0.434 e. The molecular formula is C13H7ClF2N2O. The van der Waals surface area contributed by atoms with E-state index >= 15 is 0 Å². The number of nitrogens with two attached hydrogens (primary N) is 1. The van der Waals surface area contributed by atoms with Crippen LogP contribution in [0, 0.1) is 11.6 Å². The van der Waals surface area contributed by atoms with E-state index < -0.39 is 11.6 Å². The second-order valence-corrected chi connectivity index (χ2v) is 4.40. The molecule has 1 heterocycles. The van der Waals surface area contributed by atoms with Crippen molar-refractivity contribution in [1.82, 2.24) is 4.98 Å². The highest BCUT2D eigenvalue weighted by molar-refractivity contribution is 6.34. The van der Waals surface area contributed by atoms with Crippen LogP contribution in [0.15, 0.2) is 34.7 Å². The van der Waals surface area contributed by atoms with Crippen molar-refractivity contribution in [3.05, 3.63) is 47.0 Å². The van der Waals surface area contributed by atoms with Crippen LogP contribution in [0.5, 0.6) is 0 Å². The zero-order chi connectivity index (χ0) is 13.6. The third kappa shape index (κ3) is 2.02. The Bertz CT molecular complexity index is 786. The van der Waals surface area contributed by atoms with Crippen LogP contribution < -0.4 is 5.73 Å². The van der Waals surface area contributed by atoms with Crippen molar-refractivity contribution < 1.29 is 13.2 Å². The monoisotopic (exact) mass is 280 g/mol. The summed E-state index contributed by atoms with van der Waals surface area (Å²) >= 11 is 5.84. The molecule has 0 spiro atoms. The molecule has 6 heteroatoms. The molecule has 3 aromatic rings. The number of nitrogen functional groups attached to an aromatic ring is 1. The zero-order valence-corrected chi connectivity index (χ0v) is 10.2. The molecule has 3 rings (SSSR count). The Labute approximate surface area is 111 Å². The van der Waals surface area contributed by atoms with Gasteiger partial charge in [0.25, 0.3) is 0 Å². The average molecular weight is 281 g/mol. The van der Waals surface area contributed by atoms with E-state index in [1.165, 1.54) is 24.3 Å². The van der Waals surface area contributed by atoms with Crippen LogP contribution in [0.2, 0.25) is 5.02 Å². The normalized spacial score (nSPS) is 11.1. The van der Waals surface area contributed by atoms with Gasteiger partial charge >= 0.3 is 0 Å². The minimum absolute atomic E-state index is 0.00676. The standard InChI is InChI=1S/C13H7ClF2N2O/c14-9-3-6(15)4-11-12(9)19-13(18-11)8-5-7(17)1-2-10(8)16/h1-5H,17H2. The van der Waals surface area contributed by atoms with E-state index in [9.17, 15) is 8.78 Å². The third-order valence-electron chi connectivity index (χ3n) is 2.63. The van der Waals surface area contributed by atoms with E-state index in [1.807, 2.05) is 0 Å². The van der Waals surface area contributed by atoms with Crippen molar-refractivity contribution in [3.63, 3.8) is 0 Å². The third-order valence-corrected chi connectivity index (χ3v) is 2.91. The van der Waals surface area contributed by atoms with E-state index in [0.29, 0.717) is 5.69 Å². The van der Waals surface area contributed by atoms with Crippen molar-refractivity contribution in [2.75, 3.05) is 5.73 Å². The van der Waals surface area contributed by atoms with Gasteiger partial charge in [-0.1, -0.05) is 11.6 Å². The van der Waals surface area contributed by atoms with Gasteiger partial charge in [-0.25, -0.2) is 13.8 Å². The molecule has 2 N–H and O–H groups in total. The summed E-state index contributed by atoms with van der Waals surface area (Å²) in [7, 11) is 0. The van der Waals surface area contributed by atoms with Gasteiger partial charge in [-0.15, -0.1) is 0 Å². The summed E-state index contributed by atoms with van der Waals surface area (Å²) in [6.07, 6.45) is 0. The molecule has 0 amide bonds. The molecule has 0 radical (unpaired) electrons. The van der Waals surface area contributed by atoms with Gasteiger partial charge in [0.1, 0.15) is 17.2 Å². The first-order valence-electron chi connectivity index (χ1n) is 5.35. The molecule has 2 aromatic carbocycles. The summed E-state index contributed by atoms with van der Waals surface area (Å²) < 4.78 is 32.3. The predicted octanol–water partition coefficient (Wildman–Crippen LogP) is 4.01. The van der Waals surface area contributed by atoms with E-state index in [-0.39, 0.29) is 27.6 Å². The topological polar surface area (TPSA) is 52.0 Å². The van der Waals surface area contributed by atoms with Crippen LogP contribution >= 0.6 is 11.6 Å². The number of rotatable bonds is 1. The molecule has 0 aliphatic rings. The number of fused-ring (bicyclic) bond motifs is 1. The van der Waals surface area contributed by atoms with Gasteiger partial charge in [-0.05, 0) is 24.3 Å². The van der Waals surface area contributed by atoms with Gasteiger partial charge in [0, 0.05) is 11.8 Å². The molecule has 96 valence electrons. The Kier molecular flexibility index (Phi) is 2.64. The summed E-state index contributed by atoms with van der Waals surface area (Å²) in [5.41, 5.74) is 6.50. The van der Waals surface area contributed by atoms with Gasteiger partial charge in [0.05, 0.1) is 10.6 Å². The number of oxazole rings is 1. The molecule has 0 fully saturated rings. The van der Waals surface area contributed by atoms with Gasteiger partial charge in [0.2, 0.25) is 5.89 Å². The lowest BCUT2D eigenvalue weighted by molar-refractivity contribution is 0.592. The molecule has 0 aliphatic heterocycles. The first-order chi connectivity index (χ1) is 9.04. The Morgan fingerprint density at radius 3 is 2.74 bits per heavy atom. The van der Waals surface area contributed by atoms with E-state index in [2.05, 4.69) is 4.98 Å². The fourth-order valence-corrected chi connectivity index (χ4v) is 2.02.